The van der Waals surface area contributed by atoms with Gasteiger partial charge in [-0.15, -0.1) is 0 Å². The van der Waals surface area contributed by atoms with Gasteiger partial charge in [-0.3, -0.25) is 39.5 Å². The summed E-state index contributed by atoms with van der Waals surface area (Å²) in [4.78, 5) is 69.4. The van der Waals surface area contributed by atoms with Crippen molar-refractivity contribution in [3.63, 3.8) is 0 Å². The van der Waals surface area contributed by atoms with Gasteiger partial charge in [-0.05, 0) is 70.2 Å². The molecular formula is C40H49N15O6. The normalized spacial score (nSPS) is 12.1. The van der Waals surface area contributed by atoms with Crippen LogP contribution in [0.5, 0.6) is 11.5 Å². The number of aliphatic imine (C=N–C) groups is 2. The fourth-order valence-corrected chi connectivity index (χ4v) is 6.22. The molecule has 21 heteroatoms. The van der Waals surface area contributed by atoms with Gasteiger partial charge in [0.15, 0.2) is 5.96 Å². The van der Waals surface area contributed by atoms with E-state index in [1.54, 1.807) is 65.0 Å². The molecule has 5 rings (SSSR count). The first-order chi connectivity index (χ1) is 29.1. The molecular weight excluding hydrogens is 787 g/mol. The Labute approximate surface area is 350 Å². The number of imidazole rings is 2. The minimum Gasteiger partial charge on any atom is -0.494 e. The number of nitrogens with two attached hydrogens (primary N) is 5. The third-order valence-electron chi connectivity index (χ3n) is 8.84. The van der Waals surface area contributed by atoms with Gasteiger partial charge < -0.3 is 47.3 Å². The molecule has 0 bridgehead atoms. The number of aryl methyl sites for hydroxylation is 2. The van der Waals surface area contributed by atoms with Gasteiger partial charge in [0.05, 0.1) is 30.4 Å². The zero-order valence-electron chi connectivity index (χ0n) is 34.4. The van der Waals surface area contributed by atoms with E-state index >= 15 is 0 Å². The van der Waals surface area contributed by atoms with Crippen LogP contribution in [0, 0.1) is 6.92 Å². The molecule has 0 aliphatic carbocycles. The van der Waals surface area contributed by atoms with Crippen molar-refractivity contribution in [2.45, 2.75) is 47.3 Å². The van der Waals surface area contributed by atoms with Gasteiger partial charge in [-0.25, -0.2) is 15.0 Å². The van der Waals surface area contributed by atoms with Gasteiger partial charge in [-0.2, -0.15) is 5.10 Å². The van der Waals surface area contributed by atoms with Crippen molar-refractivity contribution in [1.29, 1.82) is 0 Å². The zero-order valence-corrected chi connectivity index (χ0v) is 34.4. The van der Waals surface area contributed by atoms with E-state index in [4.69, 9.17) is 43.1 Å². The average molecular weight is 836 g/mol. The van der Waals surface area contributed by atoms with Crippen LogP contribution in [-0.2, 0) is 24.4 Å². The number of nitrogens with zero attached hydrogens (tertiary/aromatic N) is 8. The minimum absolute atomic E-state index is 0.0573. The van der Waals surface area contributed by atoms with E-state index in [1.165, 1.54) is 37.5 Å². The van der Waals surface area contributed by atoms with E-state index in [-0.39, 0.29) is 72.4 Å². The van der Waals surface area contributed by atoms with Crippen LogP contribution < -0.4 is 48.8 Å². The van der Waals surface area contributed by atoms with Crippen molar-refractivity contribution in [2.24, 2.45) is 38.7 Å². The second-order valence-corrected chi connectivity index (χ2v) is 13.4. The van der Waals surface area contributed by atoms with Gasteiger partial charge in [0.25, 0.3) is 11.8 Å². The molecule has 0 unspecified atom stereocenters. The molecule has 0 saturated carbocycles. The smallest absolute Gasteiger partial charge is 0.276 e. The summed E-state index contributed by atoms with van der Waals surface area (Å²) in [5.74, 6) is -1.74. The Kier molecular flexibility index (Phi) is 14.2. The molecule has 3 heterocycles. The van der Waals surface area contributed by atoms with Crippen LogP contribution in [-0.4, -0.2) is 91.0 Å². The lowest BCUT2D eigenvalue weighted by Gasteiger charge is -2.13. The van der Waals surface area contributed by atoms with Crippen LogP contribution in [0.3, 0.4) is 0 Å². The quantitative estimate of drug-likeness (QED) is 0.0357. The topological polar surface area (TPSA) is 319 Å². The zero-order chi connectivity index (χ0) is 44.4. The minimum atomic E-state index is -0.714. The molecule has 320 valence electrons. The molecule has 5 aromatic rings. The molecule has 0 spiro atoms. The molecule has 21 nitrogen and oxygen atoms in total. The molecule has 0 fully saturated rings. The molecule has 0 atom stereocenters. The summed E-state index contributed by atoms with van der Waals surface area (Å²) in [5.41, 5.74) is 31.3. The maximum atomic E-state index is 13.7. The molecule has 0 aliphatic heterocycles. The number of anilines is 2. The highest BCUT2D eigenvalue weighted by atomic mass is 16.5. The second-order valence-electron chi connectivity index (χ2n) is 13.4. The average Bonchev–Trinajstić information content (AvgIpc) is 3.88. The molecule has 2 aromatic carbocycles. The number of rotatable bonds is 19. The largest absolute Gasteiger partial charge is 0.494 e. The number of allylic oxidation sites excluding steroid dienone is 3. The third-order valence-corrected chi connectivity index (χ3v) is 8.84. The van der Waals surface area contributed by atoms with Crippen LogP contribution in [0.4, 0.5) is 11.9 Å². The summed E-state index contributed by atoms with van der Waals surface area (Å²) in [6, 6.07) is 7.65. The van der Waals surface area contributed by atoms with Crippen LogP contribution in [0.15, 0.2) is 76.4 Å². The highest BCUT2D eigenvalue weighted by molar-refractivity contribution is 6.47. The fraction of sp³-hybridized carbons (Fsp3) is 0.275. The number of fused-ring (bicyclic) bond motifs is 2. The molecule has 61 heavy (non-hydrogen) atoms. The van der Waals surface area contributed by atoms with Crippen LogP contribution in [0.2, 0.25) is 0 Å². The Morgan fingerprint density at radius 1 is 0.787 bits per heavy atom. The number of primary amides is 2. The van der Waals surface area contributed by atoms with Crippen LogP contribution in [0.1, 0.15) is 57.7 Å². The SMILES string of the molecule is CCN=C(/C=C(/C)N)C(=O)Nc1nc2cc(C(N)=O)cc(OC)c2n1C/C=C/Cn1c(NC(=O)c2cc(C)nn2CC)nc2cc(C(N)=O)cc(OC/C=C/CN=C(N)N)c21. The lowest BCUT2D eigenvalue weighted by molar-refractivity contribution is -0.110. The first kappa shape index (κ1) is 44.1. The highest BCUT2D eigenvalue weighted by Gasteiger charge is 2.23. The number of hydrogen-bond donors (Lipinski definition) is 7. The van der Waals surface area contributed by atoms with Crippen molar-refractivity contribution >= 4 is 69.3 Å². The lowest BCUT2D eigenvalue weighted by atomic mass is 10.1. The van der Waals surface area contributed by atoms with Gasteiger partial charge >= 0.3 is 0 Å². The standard InChI is InChI=1S/C40H49N15O6/c1-6-46-28(16-22(3)41)36(58)50-39-48-26-18-24(34(42)56)20-30(60-5)32(26)53(39)13-9-10-14-54-33-27(49-40(54)51-37(59)29-17-23(4)52-55(29)7-2)19-25(35(43)57)21-31(33)61-15-11-8-12-47-38(44)45/h8-11,16-21H,6-7,12-15,41H2,1-5H3,(H2,42,56)(H2,43,57)(H4,44,45,47)(H,48,50,58)(H,49,51,59)/b10-9+,11-8+,22-16-,46-28?. The Hall–Kier alpha value is -7.97. The predicted molar refractivity (Wildman–Crippen MR) is 233 cm³/mol. The molecule has 0 aliphatic rings. The van der Waals surface area contributed by atoms with E-state index in [0.29, 0.717) is 52.2 Å². The van der Waals surface area contributed by atoms with Crippen molar-refractivity contribution < 1.29 is 28.7 Å². The first-order valence-electron chi connectivity index (χ1n) is 19.0. The third kappa shape index (κ3) is 10.6. The summed E-state index contributed by atoms with van der Waals surface area (Å²) in [6.45, 7) is 8.34. The number of carbonyl (C=O) groups excluding carboxylic acids is 4. The highest BCUT2D eigenvalue weighted by Crippen LogP contribution is 2.33. The summed E-state index contributed by atoms with van der Waals surface area (Å²) >= 11 is 0. The first-order valence-corrected chi connectivity index (χ1v) is 19.0. The number of nitrogens with one attached hydrogen (secondary N) is 2. The Morgan fingerprint density at radius 2 is 1.38 bits per heavy atom. The van der Waals surface area contributed by atoms with Gasteiger partial charge in [-0.1, -0.05) is 18.2 Å². The number of aromatic nitrogens is 6. The van der Waals surface area contributed by atoms with E-state index < -0.39 is 23.6 Å². The summed E-state index contributed by atoms with van der Waals surface area (Å²) in [5, 5.41) is 10.1. The van der Waals surface area contributed by atoms with Gasteiger partial charge in [0.1, 0.15) is 40.5 Å². The summed E-state index contributed by atoms with van der Waals surface area (Å²) in [7, 11) is 1.43. The monoisotopic (exact) mass is 835 g/mol. The maximum Gasteiger partial charge on any atom is 0.276 e. The fourth-order valence-electron chi connectivity index (χ4n) is 6.22. The van der Waals surface area contributed by atoms with Gasteiger partial charge in [0.2, 0.25) is 23.7 Å². The van der Waals surface area contributed by atoms with Crippen molar-refractivity contribution in [3.05, 3.63) is 88.9 Å². The van der Waals surface area contributed by atoms with Crippen molar-refractivity contribution in [2.75, 3.05) is 37.4 Å². The summed E-state index contributed by atoms with van der Waals surface area (Å²) < 4.78 is 16.8. The number of benzene rings is 2. The Morgan fingerprint density at radius 3 is 1.92 bits per heavy atom. The number of methoxy groups -OCH3 is 1. The Bertz CT molecular complexity index is 2640. The number of carbonyl (C=O) groups is 4. The molecule has 12 N–H and O–H groups in total. The molecule has 4 amide bonds. The predicted octanol–water partition coefficient (Wildman–Crippen LogP) is 2.10. The van der Waals surface area contributed by atoms with E-state index in [9.17, 15) is 19.2 Å². The van der Waals surface area contributed by atoms with E-state index in [1.807, 2.05) is 6.92 Å². The molecule has 0 saturated heterocycles. The Balaban J connectivity index is 1.59. The van der Waals surface area contributed by atoms with Crippen LogP contribution >= 0.6 is 0 Å². The maximum absolute atomic E-state index is 13.7. The lowest BCUT2D eigenvalue weighted by Crippen LogP contribution is -2.24. The van der Waals surface area contributed by atoms with E-state index in [0.717, 1.165) is 0 Å². The number of guanidine groups is 1. The van der Waals surface area contributed by atoms with E-state index in [2.05, 4.69) is 30.7 Å². The molecule has 3 aromatic heterocycles. The molecule has 0 radical (unpaired) electrons. The summed E-state index contributed by atoms with van der Waals surface area (Å²) in [6.07, 6.45) is 8.44. The van der Waals surface area contributed by atoms with Crippen molar-refractivity contribution in [1.82, 2.24) is 28.9 Å². The van der Waals surface area contributed by atoms with Gasteiger partial charge in [0, 0.05) is 43.0 Å². The van der Waals surface area contributed by atoms with Crippen LogP contribution in [0.25, 0.3) is 22.1 Å². The number of amides is 4. The number of ether oxygens (including phenoxy) is 2. The second kappa shape index (κ2) is 19.7. The van der Waals surface area contributed by atoms with Crippen molar-refractivity contribution in [3.8, 4) is 11.5 Å². The number of hydrogen-bond acceptors (Lipinski definition) is 12.